The molecule has 3 rings (SSSR count). The number of rotatable bonds is 7. The van der Waals surface area contributed by atoms with Crippen molar-refractivity contribution in [1.29, 1.82) is 0 Å². The number of aromatic nitrogens is 1. The normalized spacial score (nSPS) is 17.5. The van der Waals surface area contributed by atoms with Gasteiger partial charge < -0.3 is 4.74 Å². The van der Waals surface area contributed by atoms with Gasteiger partial charge in [0.2, 0.25) is 15.9 Å². The molecule has 0 amide bonds. The maximum atomic E-state index is 13.3. The van der Waals surface area contributed by atoms with E-state index < -0.39 is 22.2 Å². The summed E-state index contributed by atoms with van der Waals surface area (Å²) >= 11 is 0. The van der Waals surface area contributed by atoms with E-state index in [0.29, 0.717) is 24.6 Å². The number of hydrogen-bond acceptors (Lipinski definition) is 5. The molecule has 0 saturated carbocycles. The van der Waals surface area contributed by atoms with E-state index >= 15 is 0 Å². The van der Waals surface area contributed by atoms with Crippen molar-refractivity contribution in [3.63, 3.8) is 0 Å². The Hall–Kier alpha value is -2.17. The van der Waals surface area contributed by atoms with Crippen molar-refractivity contribution >= 4 is 10.0 Å². The van der Waals surface area contributed by atoms with Crippen LogP contribution in [0.4, 0.5) is 13.2 Å². The number of sulfonamides is 1. The van der Waals surface area contributed by atoms with E-state index in [1.165, 1.54) is 12.1 Å². The molecule has 1 aliphatic rings. The van der Waals surface area contributed by atoms with Crippen LogP contribution in [0.15, 0.2) is 42.5 Å². The summed E-state index contributed by atoms with van der Waals surface area (Å²) in [5.41, 5.74) is 1.76. The van der Waals surface area contributed by atoms with E-state index in [9.17, 15) is 21.6 Å². The number of nitrogens with one attached hydrogen (secondary N) is 1. The van der Waals surface area contributed by atoms with Gasteiger partial charge in [-0.25, -0.2) is 13.4 Å². The Morgan fingerprint density at radius 2 is 1.81 bits per heavy atom. The fraction of sp³-hybridized carbons (Fsp3) is 0.476. The molecule has 0 bridgehead atoms. The Balaban J connectivity index is 1.60. The molecule has 1 aliphatic heterocycles. The summed E-state index contributed by atoms with van der Waals surface area (Å²) < 4.78 is 69.4. The van der Waals surface area contributed by atoms with Crippen LogP contribution in [0, 0.1) is 0 Å². The zero-order valence-corrected chi connectivity index (χ0v) is 18.2. The molecule has 0 unspecified atom stereocenters. The second kappa shape index (κ2) is 9.54. The molecule has 0 spiro atoms. The minimum Gasteiger partial charge on any atom is -0.481 e. The lowest BCUT2D eigenvalue weighted by atomic mass is 9.92. The van der Waals surface area contributed by atoms with Crippen LogP contribution in [0.1, 0.15) is 41.6 Å². The van der Waals surface area contributed by atoms with Crippen LogP contribution in [0.3, 0.4) is 0 Å². The molecule has 1 saturated heterocycles. The molecular weight excluding hydrogens is 431 g/mol. The predicted molar refractivity (Wildman–Crippen MR) is 111 cm³/mol. The fourth-order valence-corrected chi connectivity index (χ4v) is 4.47. The number of benzene rings is 1. The number of hydrogen-bond donors (Lipinski definition) is 1. The van der Waals surface area contributed by atoms with E-state index in [-0.39, 0.29) is 5.56 Å². The van der Waals surface area contributed by atoms with Gasteiger partial charge in [-0.2, -0.15) is 17.9 Å². The Bertz CT molecular complexity index is 973. The molecule has 2 aromatic rings. The number of piperidine rings is 1. The summed E-state index contributed by atoms with van der Waals surface area (Å²) in [4.78, 5) is 6.77. The molecule has 1 fully saturated rings. The highest BCUT2D eigenvalue weighted by Gasteiger charge is 2.42. The summed E-state index contributed by atoms with van der Waals surface area (Å²) in [6.45, 7) is 2.33. The van der Waals surface area contributed by atoms with Crippen molar-refractivity contribution in [2.75, 3.05) is 26.5 Å². The van der Waals surface area contributed by atoms with Gasteiger partial charge in [-0.1, -0.05) is 30.3 Å². The monoisotopic (exact) mass is 457 g/mol. The van der Waals surface area contributed by atoms with Crippen molar-refractivity contribution < 1.29 is 26.3 Å². The van der Waals surface area contributed by atoms with E-state index in [1.807, 2.05) is 18.2 Å². The molecule has 31 heavy (non-hydrogen) atoms. The van der Waals surface area contributed by atoms with E-state index in [0.717, 1.165) is 37.2 Å². The zero-order chi connectivity index (χ0) is 22.6. The van der Waals surface area contributed by atoms with Crippen molar-refractivity contribution in [3.8, 4) is 5.88 Å². The van der Waals surface area contributed by atoms with Gasteiger partial charge in [-0.05, 0) is 43.1 Å². The van der Waals surface area contributed by atoms with E-state index in [2.05, 4.69) is 9.88 Å². The number of ether oxygens (including phenoxy) is 1. The largest absolute Gasteiger partial charge is 0.481 e. The predicted octanol–water partition coefficient (Wildman–Crippen LogP) is 3.62. The van der Waals surface area contributed by atoms with Gasteiger partial charge in [0.25, 0.3) is 0 Å². The first-order chi connectivity index (χ1) is 14.5. The Morgan fingerprint density at radius 3 is 2.35 bits per heavy atom. The standard InChI is InChI=1S/C21H26F3N3O3S/c1-30-19-5-3-4-18(25-19)16-10-12-27(13-11-16)14-15-6-8-17(9-7-15)20(21(22,23)24)26-31(2,28)29/h3-9,16,20,26H,10-14H2,1-2H3/t20-/m0/s1. The SMILES string of the molecule is COc1cccc(C2CCN(Cc3ccc([C@H](NS(C)(=O)=O)C(F)(F)F)cc3)CC2)n1. The third-order valence-corrected chi connectivity index (χ3v) is 6.00. The number of methoxy groups -OCH3 is 1. The Morgan fingerprint density at radius 1 is 1.16 bits per heavy atom. The molecule has 1 aromatic heterocycles. The molecule has 1 N–H and O–H groups in total. The topological polar surface area (TPSA) is 71.5 Å². The maximum absolute atomic E-state index is 13.3. The van der Waals surface area contributed by atoms with Gasteiger partial charge in [0.15, 0.2) is 0 Å². The maximum Gasteiger partial charge on any atom is 0.408 e. The molecule has 170 valence electrons. The second-order valence-corrected chi connectivity index (χ2v) is 9.54. The number of alkyl halides is 3. The van der Waals surface area contributed by atoms with Crippen LogP contribution in [0.2, 0.25) is 0 Å². The summed E-state index contributed by atoms with van der Waals surface area (Å²) in [7, 11) is -2.42. The van der Waals surface area contributed by atoms with Gasteiger partial charge in [0.05, 0.1) is 13.4 Å². The lowest BCUT2D eigenvalue weighted by molar-refractivity contribution is -0.153. The minimum atomic E-state index is -4.72. The first-order valence-electron chi connectivity index (χ1n) is 9.91. The third kappa shape index (κ3) is 6.65. The van der Waals surface area contributed by atoms with Crippen LogP contribution in [-0.2, 0) is 16.6 Å². The van der Waals surface area contributed by atoms with Crippen LogP contribution in [0.25, 0.3) is 0 Å². The average molecular weight is 458 g/mol. The average Bonchev–Trinajstić information content (AvgIpc) is 2.72. The summed E-state index contributed by atoms with van der Waals surface area (Å²) in [5.74, 6) is 0.950. The van der Waals surface area contributed by atoms with Gasteiger partial charge in [0, 0.05) is 24.2 Å². The molecule has 0 radical (unpaired) electrons. The van der Waals surface area contributed by atoms with Crippen molar-refractivity contribution in [2.45, 2.75) is 37.5 Å². The van der Waals surface area contributed by atoms with Crippen LogP contribution in [-0.4, -0.2) is 50.9 Å². The van der Waals surface area contributed by atoms with Gasteiger partial charge in [-0.15, -0.1) is 0 Å². The van der Waals surface area contributed by atoms with Crippen molar-refractivity contribution in [3.05, 3.63) is 59.3 Å². The lowest BCUT2D eigenvalue weighted by Crippen LogP contribution is -2.37. The molecule has 1 aromatic carbocycles. The quantitative estimate of drug-likeness (QED) is 0.688. The Labute approximate surface area is 180 Å². The highest BCUT2D eigenvalue weighted by molar-refractivity contribution is 7.88. The van der Waals surface area contributed by atoms with Crippen LogP contribution >= 0.6 is 0 Å². The second-order valence-electron chi connectivity index (χ2n) is 7.76. The van der Waals surface area contributed by atoms with Crippen molar-refractivity contribution in [1.82, 2.24) is 14.6 Å². The third-order valence-electron chi connectivity index (χ3n) is 5.34. The molecule has 10 heteroatoms. The molecular formula is C21H26F3N3O3S. The molecule has 2 heterocycles. The first-order valence-corrected chi connectivity index (χ1v) is 11.8. The summed E-state index contributed by atoms with van der Waals surface area (Å²) in [6.07, 6.45) is -2.13. The molecule has 1 atom stereocenters. The van der Waals surface area contributed by atoms with Gasteiger partial charge in [-0.3, -0.25) is 4.90 Å². The zero-order valence-electron chi connectivity index (χ0n) is 17.4. The summed E-state index contributed by atoms with van der Waals surface area (Å²) in [6, 6.07) is 9.39. The van der Waals surface area contributed by atoms with Gasteiger partial charge in [0.1, 0.15) is 6.04 Å². The fourth-order valence-electron chi connectivity index (χ4n) is 3.77. The van der Waals surface area contributed by atoms with E-state index in [1.54, 1.807) is 24.0 Å². The number of pyridine rings is 1. The van der Waals surface area contributed by atoms with Crippen LogP contribution in [0.5, 0.6) is 5.88 Å². The molecule has 6 nitrogen and oxygen atoms in total. The highest BCUT2D eigenvalue weighted by atomic mass is 32.2. The number of halogens is 3. The summed E-state index contributed by atoms with van der Waals surface area (Å²) in [5, 5.41) is 0. The van der Waals surface area contributed by atoms with Gasteiger partial charge >= 0.3 is 6.18 Å². The van der Waals surface area contributed by atoms with Crippen molar-refractivity contribution in [2.24, 2.45) is 0 Å². The van der Waals surface area contributed by atoms with E-state index in [4.69, 9.17) is 4.74 Å². The number of nitrogens with zero attached hydrogens (tertiary/aromatic N) is 2. The minimum absolute atomic E-state index is 0.135. The smallest absolute Gasteiger partial charge is 0.408 e. The lowest BCUT2D eigenvalue weighted by Gasteiger charge is -2.32. The van der Waals surface area contributed by atoms with Crippen LogP contribution < -0.4 is 9.46 Å². The Kier molecular flexibility index (Phi) is 7.23. The number of likely N-dealkylation sites (tertiary alicyclic amines) is 1. The highest BCUT2D eigenvalue weighted by Crippen LogP contribution is 2.33. The first kappa shape index (κ1) is 23.5. The molecule has 0 aliphatic carbocycles.